The monoisotopic (exact) mass is 185 g/mol. The number of methoxy groups -OCH3 is 1. The molecule has 0 aromatic rings. The molecule has 76 valence electrons. The van der Waals surface area contributed by atoms with Crippen LogP contribution in [0.4, 0.5) is 0 Å². The summed E-state index contributed by atoms with van der Waals surface area (Å²) in [6, 6.07) is 2.26. The fourth-order valence-corrected chi connectivity index (χ4v) is 0.916. The molecule has 3 heteroatoms. The number of rotatable bonds is 7. The summed E-state index contributed by atoms with van der Waals surface area (Å²) in [7, 11) is 1.65. The maximum Gasteiger partial charge on any atom is 0.0700 e. The van der Waals surface area contributed by atoms with Gasteiger partial charge in [-0.3, -0.25) is 0 Å². The smallest absolute Gasteiger partial charge is 0.0700 e. The van der Waals surface area contributed by atoms with Crippen LogP contribution in [-0.2, 0) is 9.47 Å². The Morgan fingerprint density at radius 3 is 2.46 bits per heavy atom. The van der Waals surface area contributed by atoms with Crippen LogP contribution in [0.1, 0.15) is 26.7 Å². The highest BCUT2D eigenvalue weighted by Gasteiger charge is 2.15. The molecule has 0 aliphatic carbocycles. The van der Waals surface area contributed by atoms with Gasteiger partial charge in [-0.05, 0) is 26.7 Å². The Labute approximate surface area is 80.6 Å². The molecular formula is C10H19NO2. The van der Waals surface area contributed by atoms with Gasteiger partial charge in [-0.25, -0.2) is 0 Å². The van der Waals surface area contributed by atoms with Gasteiger partial charge in [-0.15, -0.1) is 0 Å². The van der Waals surface area contributed by atoms with Crippen molar-refractivity contribution in [3.63, 3.8) is 0 Å². The summed E-state index contributed by atoms with van der Waals surface area (Å²) in [6.07, 6.45) is 1.82. The maximum atomic E-state index is 8.72. The third-order valence-corrected chi connectivity index (χ3v) is 1.82. The number of ether oxygens (including phenoxy) is 2. The van der Waals surface area contributed by atoms with Crippen LogP contribution in [0.15, 0.2) is 0 Å². The molecule has 0 aliphatic rings. The summed E-state index contributed by atoms with van der Waals surface area (Å²) in [4.78, 5) is 0. The lowest BCUT2D eigenvalue weighted by Gasteiger charge is -2.14. The van der Waals surface area contributed by atoms with Gasteiger partial charge in [-0.2, -0.15) is 5.26 Å². The molecule has 0 amide bonds. The van der Waals surface area contributed by atoms with Crippen molar-refractivity contribution in [3.05, 3.63) is 0 Å². The van der Waals surface area contributed by atoms with Crippen LogP contribution in [0, 0.1) is 16.7 Å². The number of nitriles is 1. The highest BCUT2D eigenvalue weighted by Crippen LogP contribution is 2.20. The highest BCUT2D eigenvalue weighted by atomic mass is 16.5. The van der Waals surface area contributed by atoms with Crippen molar-refractivity contribution in [2.45, 2.75) is 26.7 Å². The van der Waals surface area contributed by atoms with Gasteiger partial charge in [-0.1, -0.05) is 0 Å². The molecule has 0 N–H and O–H groups in total. The van der Waals surface area contributed by atoms with E-state index in [2.05, 4.69) is 6.07 Å². The largest absolute Gasteiger partial charge is 0.382 e. The Kier molecular flexibility index (Phi) is 6.56. The first-order valence-corrected chi connectivity index (χ1v) is 4.60. The Morgan fingerprint density at radius 1 is 1.23 bits per heavy atom. The first-order valence-electron chi connectivity index (χ1n) is 4.60. The van der Waals surface area contributed by atoms with Gasteiger partial charge in [0.2, 0.25) is 0 Å². The van der Waals surface area contributed by atoms with E-state index in [1.54, 1.807) is 7.11 Å². The van der Waals surface area contributed by atoms with Crippen LogP contribution < -0.4 is 0 Å². The minimum Gasteiger partial charge on any atom is -0.382 e. The van der Waals surface area contributed by atoms with Crippen molar-refractivity contribution < 1.29 is 9.47 Å². The van der Waals surface area contributed by atoms with E-state index >= 15 is 0 Å². The molecule has 3 nitrogen and oxygen atoms in total. The minimum absolute atomic E-state index is 0.218. The zero-order valence-corrected chi connectivity index (χ0v) is 8.80. The summed E-state index contributed by atoms with van der Waals surface area (Å²) in [6.45, 7) is 5.89. The lowest BCUT2D eigenvalue weighted by atomic mass is 9.90. The Bertz CT molecular complexity index is 161. The van der Waals surface area contributed by atoms with Gasteiger partial charge in [0, 0.05) is 13.7 Å². The van der Waals surface area contributed by atoms with Crippen molar-refractivity contribution >= 4 is 0 Å². The summed E-state index contributed by atoms with van der Waals surface area (Å²) >= 11 is 0. The second-order valence-corrected chi connectivity index (χ2v) is 3.70. The van der Waals surface area contributed by atoms with Crippen LogP contribution >= 0.6 is 0 Å². The summed E-state index contributed by atoms with van der Waals surface area (Å²) < 4.78 is 10.1. The molecule has 0 heterocycles. The summed E-state index contributed by atoms with van der Waals surface area (Å²) in [5.41, 5.74) is -0.218. The topological polar surface area (TPSA) is 42.2 Å². The third-order valence-electron chi connectivity index (χ3n) is 1.82. The zero-order chi connectivity index (χ0) is 10.2. The van der Waals surface area contributed by atoms with Crippen molar-refractivity contribution in [1.82, 2.24) is 0 Å². The minimum atomic E-state index is -0.218. The van der Waals surface area contributed by atoms with E-state index in [-0.39, 0.29) is 5.41 Å². The predicted octanol–water partition coefficient (Wildman–Crippen LogP) is 1.98. The molecule has 0 bridgehead atoms. The van der Waals surface area contributed by atoms with Crippen LogP contribution in [-0.4, -0.2) is 26.9 Å². The lowest BCUT2D eigenvalue weighted by molar-refractivity contribution is 0.0665. The van der Waals surface area contributed by atoms with Gasteiger partial charge in [0.1, 0.15) is 0 Å². The van der Waals surface area contributed by atoms with Crippen molar-refractivity contribution in [2.75, 3.05) is 26.9 Å². The number of hydrogen-bond donors (Lipinski definition) is 0. The Balaban J connectivity index is 3.22. The van der Waals surface area contributed by atoms with E-state index in [9.17, 15) is 0 Å². The molecule has 0 saturated carbocycles. The average molecular weight is 185 g/mol. The molecule has 0 saturated heterocycles. The van der Waals surface area contributed by atoms with E-state index in [0.717, 1.165) is 12.8 Å². The molecule has 0 aliphatic heterocycles. The fourth-order valence-electron chi connectivity index (χ4n) is 0.916. The van der Waals surface area contributed by atoms with Crippen molar-refractivity contribution in [2.24, 2.45) is 5.41 Å². The van der Waals surface area contributed by atoms with Crippen LogP contribution in [0.5, 0.6) is 0 Å². The SMILES string of the molecule is COCCOCCCC(C)(C)C#N. The first kappa shape index (κ1) is 12.4. The number of hydrogen-bond acceptors (Lipinski definition) is 3. The van der Waals surface area contributed by atoms with E-state index in [4.69, 9.17) is 14.7 Å². The molecule has 0 fully saturated rings. The molecule has 0 aromatic heterocycles. The van der Waals surface area contributed by atoms with E-state index in [1.807, 2.05) is 13.8 Å². The molecule has 0 rings (SSSR count). The third kappa shape index (κ3) is 7.76. The zero-order valence-electron chi connectivity index (χ0n) is 8.80. The molecular weight excluding hydrogens is 166 g/mol. The van der Waals surface area contributed by atoms with Crippen molar-refractivity contribution in [1.29, 1.82) is 5.26 Å². The lowest BCUT2D eigenvalue weighted by Crippen LogP contribution is -2.10. The first-order chi connectivity index (χ1) is 6.12. The van der Waals surface area contributed by atoms with E-state index < -0.39 is 0 Å². The normalized spacial score (nSPS) is 11.2. The van der Waals surface area contributed by atoms with E-state index in [0.29, 0.717) is 19.8 Å². The standard InChI is InChI=1S/C10H19NO2/c1-10(2,9-11)5-4-6-13-8-7-12-3/h4-8H2,1-3H3. The molecule has 0 unspecified atom stereocenters. The molecule has 0 aromatic carbocycles. The van der Waals surface area contributed by atoms with Gasteiger partial charge in [0.15, 0.2) is 0 Å². The molecule has 13 heavy (non-hydrogen) atoms. The molecule has 0 atom stereocenters. The van der Waals surface area contributed by atoms with Gasteiger partial charge < -0.3 is 9.47 Å². The summed E-state index contributed by atoms with van der Waals surface area (Å²) in [5.74, 6) is 0. The van der Waals surface area contributed by atoms with Crippen LogP contribution in [0.25, 0.3) is 0 Å². The van der Waals surface area contributed by atoms with Crippen LogP contribution in [0.3, 0.4) is 0 Å². The molecule has 0 spiro atoms. The van der Waals surface area contributed by atoms with E-state index in [1.165, 1.54) is 0 Å². The Hall–Kier alpha value is -0.590. The van der Waals surface area contributed by atoms with Crippen LogP contribution in [0.2, 0.25) is 0 Å². The van der Waals surface area contributed by atoms with Gasteiger partial charge in [0.25, 0.3) is 0 Å². The van der Waals surface area contributed by atoms with Gasteiger partial charge in [0.05, 0.1) is 24.7 Å². The fraction of sp³-hybridized carbons (Fsp3) is 0.900. The number of nitrogens with zero attached hydrogens (tertiary/aromatic N) is 1. The van der Waals surface area contributed by atoms with Crippen molar-refractivity contribution in [3.8, 4) is 6.07 Å². The van der Waals surface area contributed by atoms with Gasteiger partial charge >= 0.3 is 0 Å². The highest BCUT2D eigenvalue weighted by molar-refractivity contribution is 4.91. The summed E-state index contributed by atoms with van der Waals surface area (Å²) in [5, 5.41) is 8.72. The average Bonchev–Trinajstić information content (AvgIpc) is 2.11. The molecule has 0 radical (unpaired) electrons. The predicted molar refractivity (Wildman–Crippen MR) is 51.3 cm³/mol. The maximum absolute atomic E-state index is 8.72. The second kappa shape index (κ2) is 6.88. The quantitative estimate of drug-likeness (QED) is 0.569. The Morgan fingerprint density at radius 2 is 1.92 bits per heavy atom. The second-order valence-electron chi connectivity index (χ2n) is 3.70.